The second-order valence-corrected chi connectivity index (χ2v) is 6.25. The topological polar surface area (TPSA) is 89.0 Å². The summed E-state index contributed by atoms with van der Waals surface area (Å²) in [4.78, 5) is 23.6. The van der Waals surface area contributed by atoms with Gasteiger partial charge in [-0.25, -0.2) is 5.43 Å². The Morgan fingerprint density at radius 1 is 1.04 bits per heavy atom. The van der Waals surface area contributed by atoms with E-state index < -0.39 is 5.91 Å². The zero-order valence-corrected chi connectivity index (χ0v) is 16.5. The first kappa shape index (κ1) is 21.2. The van der Waals surface area contributed by atoms with Crippen molar-refractivity contribution in [1.29, 1.82) is 0 Å². The highest BCUT2D eigenvalue weighted by atomic mass is 35.5. The highest BCUT2D eigenvalue weighted by molar-refractivity contribution is 6.30. The SMILES string of the molecule is COc1ccc(CCNC(=O)CC(=O)N/N=C/c2ccc(Cl)cc2)cc1OC. The van der Waals surface area contributed by atoms with Gasteiger partial charge in [-0.15, -0.1) is 0 Å². The first-order valence-electron chi connectivity index (χ1n) is 8.57. The van der Waals surface area contributed by atoms with Gasteiger partial charge in [-0.05, 0) is 41.8 Å². The van der Waals surface area contributed by atoms with Crippen LogP contribution in [0.4, 0.5) is 0 Å². The molecule has 7 nitrogen and oxygen atoms in total. The number of nitrogens with zero attached hydrogens (tertiary/aromatic N) is 1. The predicted molar refractivity (Wildman–Crippen MR) is 108 cm³/mol. The van der Waals surface area contributed by atoms with Gasteiger partial charge >= 0.3 is 0 Å². The number of carbonyl (C=O) groups is 2. The summed E-state index contributed by atoms with van der Waals surface area (Å²) in [6.07, 6.45) is 1.77. The zero-order chi connectivity index (χ0) is 20.4. The molecule has 2 N–H and O–H groups in total. The summed E-state index contributed by atoms with van der Waals surface area (Å²) in [6, 6.07) is 12.5. The predicted octanol–water partition coefficient (Wildman–Crippen LogP) is 2.56. The van der Waals surface area contributed by atoms with Crippen LogP contribution in [0.3, 0.4) is 0 Å². The summed E-state index contributed by atoms with van der Waals surface area (Å²) >= 11 is 5.79. The van der Waals surface area contributed by atoms with Crippen LogP contribution in [0, 0.1) is 0 Å². The van der Waals surface area contributed by atoms with E-state index >= 15 is 0 Å². The van der Waals surface area contributed by atoms with Gasteiger partial charge in [0.15, 0.2) is 11.5 Å². The molecule has 0 saturated heterocycles. The van der Waals surface area contributed by atoms with E-state index in [9.17, 15) is 9.59 Å². The van der Waals surface area contributed by atoms with Crippen molar-refractivity contribution < 1.29 is 19.1 Å². The Kier molecular flexibility index (Phi) is 8.30. The number of ether oxygens (including phenoxy) is 2. The van der Waals surface area contributed by atoms with Crippen molar-refractivity contribution in [3.05, 3.63) is 58.6 Å². The molecule has 0 saturated carbocycles. The number of benzene rings is 2. The van der Waals surface area contributed by atoms with Crippen molar-refractivity contribution in [1.82, 2.24) is 10.7 Å². The Labute approximate surface area is 168 Å². The molecule has 0 aliphatic heterocycles. The molecular weight excluding hydrogens is 382 g/mol. The van der Waals surface area contributed by atoms with Crippen LogP contribution in [0.1, 0.15) is 17.5 Å². The number of methoxy groups -OCH3 is 2. The van der Waals surface area contributed by atoms with Gasteiger partial charge in [0.05, 0.1) is 20.4 Å². The molecule has 8 heteroatoms. The van der Waals surface area contributed by atoms with Gasteiger partial charge in [0.25, 0.3) is 0 Å². The number of halogens is 1. The van der Waals surface area contributed by atoms with Crippen molar-refractivity contribution in [3.8, 4) is 11.5 Å². The number of hydrogen-bond donors (Lipinski definition) is 2. The van der Waals surface area contributed by atoms with Gasteiger partial charge in [-0.1, -0.05) is 29.8 Å². The molecule has 148 valence electrons. The minimum absolute atomic E-state index is 0.302. The van der Waals surface area contributed by atoms with Gasteiger partial charge in [-0.3, -0.25) is 9.59 Å². The van der Waals surface area contributed by atoms with E-state index in [4.69, 9.17) is 21.1 Å². The Morgan fingerprint density at radius 2 is 1.75 bits per heavy atom. The zero-order valence-electron chi connectivity index (χ0n) is 15.7. The van der Waals surface area contributed by atoms with Crippen LogP contribution >= 0.6 is 11.6 Å². The standard InChI is InChI=1S/C20H22ClN3O4/c1-27-17-8-5-14(11-18(17)28-2)9-10-22-19(25)12-20(26)24-23-13-15-3-6-16(21)7-4-15/h3-8,11,13H,9-10,12H2,1-2H3,(H,22,25)(H,24,26)/b23-13+. The minimum Gasteiger partial charge on any atom is -0.493 e. The third-order valence-corrected chi connectivity index (χ3v) is 4.03. The Bertz CT molecular complexity index is 838. The monoisotopic (exact) mass is 403 g/mol. The summed E-state index contributed by atoms with van der Waals surface area (Å²) in [5, 5.41) is 7.13. The van der Waals surface area contributed by atoms with Crippen LogP contribution in [-0.4, -0.2) is 38.8 Å². The number of amides is 2. The third-order valence-electron chi connectivity index (χ3n) is 3.78. The number of carbonyl (C=O) groups excluding carboxylic acids is 2. The van der Waals surface area contributed by atoms with Gasteiger partial charge in [-0.2, -0.15) is 5.10 Å². The largest absolute Gasteiger partial charge is 0.493 e. The lowest BCUT2D eigenvalue weighted by molar-refractivity contribution is -0.129. The summed E-state index contributed by atoms with van der Waals surface area (Å²) < 4.78 is 10.4. The molecule has 0 atom stereocenters. The van der Waals surface area contributed by atoms with Crippen molar-refractivity contribution >= 4 is 29.6 Å². The van der Waals surface area contributed by atoms with Crippen molar-refractivity contribution in [2.75, 3.05) is 20.8 Å². The van der Waals surface area contributed by atoms with E-state index in [-0.39, 0.29) is 12.3 Å². The highest BCUT2D eigenvalue weighted by Gasteiger charge is 2.09. The first-order valence-corrected chi connectivity index (χ1v) is 8.94. The molecule has 0 aromatic heterocycles. The normalized spacial score (nSPS) is 10.5. The maximum Gasteiger partial charge on any atom is 0.249 e. The lowest BCUT2D eigenvalue weighted by atomic mass is 10.1. The quantitative estimate of drug-likeness (QED) is 0.382. The molecule has 2 amide bonds. The maximum absolute atomic E-state index is 11.9. The lowest BCUT2D eigenvalue weighted by Gasteiger charge is -2.10. The van der Waals surface area contributed by atoms with E-state index in [1.54, 1.807) is 38.5 Å². The number of nitrogens with one attached hydrogen (secondary N) is 2. The fourth-order valence-corrected chi connectivity index (χ4v) is 2.48. The van der Waals surface area contributed by atoms with E-state index in [1.807, 2.05) is 18.2 Å². The Hall–Kier alpha value is -3.06. The van der Waals surface area contributed by atoms with E-state index in [2.05, 4.69) is 15.8 Å². The van der Waals surface area contributed by atoms with E-state index in [0.29, 0.717) is 29.5 Å². The van der Waals surface area contributed by atoms with Gasteiger partial charge in [0.2, 0.25) is 11.8 Å². The average Bonchev–Trinajstić information content (AvgIpc) is 2.69. The van der Waals surface area contributed by atoms with Crippen LogP contribution in [0.2, 0.25) is 5.02 Å². The second kappa shape index (κ2) is 10.9. The van der Waals surface area contributed by atoms with Gasteiger partial charge in [0, 0.05) is 11.6 Å². The average molecular weight is 404 g/mol. The van der Waals surface area contributed by atoms with Crippen molar-refractivity contribution in [3.63, 3.8) is 0 Å². The summed E-state index contributed by atoms with van der Waals surface area (Å²) in [6.45, 7) is 0.398. The third kappa shape index (κ3) is 6.92. The summed E-state index contributed by atoms with van der Waals surface area (Å²) in [5.74, 6) is 0.406. The molecule has 0 fully saturated rings. The molecule has 0 aliphatic carbocycles. The molecular formula is C20H22ClN3O4. The molecule has 0 spiro atoms. The van der Waals surface area contributed by atoms with Crippen LogP contribution in [0.15, 0.2) is 47.6 Å². The molecule has 2 aromatic carbocycles. The van der Waals surface area contributed by atoms with Crippen LogP contribution in [0.25, 0.3) is 0 Å². The van der Waals surface area contributed by atoms with Crippen molar-refractivity contribution in [2.24, 2.45) is 5.10 Å². The summed E-state index contributed by atoms with van der Waals surface area (Å²) in [5.41, 5.74) is 4.08. The van der Waals surface area contributed by atoms with Gasteiger partial charge < -0.3 is 14.8 Å². The number of hydrazone groups is 1. The Morgan fingerprint density at radius 3 is 2.43 bits per heavy atom. The van der Waals surface area contributed by atoms with Gasteiger partial charge in [0.1, 0.15) is 6.42 Å². The molecule has 0 aliphatic rings. The fourth-order valence-electron chi connectivity index (χ4n) is 2.36. The smallest absolute Gasteiger partial charge is 0.249 e. The molecule has 0 bridgehead atoms. The number of hydrogen-bond acceptors (Lipinski definition) is 5. The van der Waals surface area contributed by atoms with Crippen LogP contribution < -0.4 is 20.2 Å². The fraction of sp³-hybridized carbons (Fsp3) is 0.250. The molecule has 0 unspecified atom stereocenters. The van der Waals surface area contributed by atoms with E-state index in [0.717, 1.165) is 11.1 Å². The van der Waals surface area contributed by atoms with E-state index in [1.165, 1.54) is 6.21 Å². The molecule has 0 heterocycles. The number of rotatable bonds is 9. The first-order chi connectivity index (χ1) is 13.5. The maximum atomic E-state index is 11.9. The molecule has 2 rings (SSSR count). The second-order valence-electron chi connectivity index (χ2n) is 5.81. The Balaban J connectivity index is 1.71. The van der Waals surface area contributed by atoms with Crippen LogP contribution in [-0.2, 0) is 16.0 Å². The van der Waals surface area contributed by atoms with Crippen LogP contribution in [0.5, 0.6) is 11.5 Å². The molecule has 2 aromatic rings. The summed E-state index contributed by atoms with van der Waals surface area (Å²) in [7, 11) is 3.14. The molecule has 28 heavy (non-hydrogen) atoms. The highest BCUT2D eigenvalue weighted by Crippen LogP contribution is 2.27. The van der Waals surface area contributed by atoms with Crippen molar-refractivity contribution in [2.45, 2.75) is 12.8 Å². The lowest BCUT2D eigenvalue weighted by Crippen LogP contribution is -2.31. The minimum atomic E-state index is -0.492. The molecule has 0 radical (unpaired) electrons.